The van der Waals surface area contributed by atoms with E-state index in [-0.39, 0.29) is 5.91 Å². The van der Waals surface area contributed by atoms with Crippen molar-refractivity contribution in [2.45, 2.75) is 13.8 Å². The molecule has 1 N–H and O–H groups in total. The van der Waals surface area contributed by atoms with Crippen LogP contribution in [-0.4, -0.2) is 11.0 Å². The Labute approximate surface area is 135 Å². The number of anilines is 1. The Morgan fingerprint density at radius 2 is 1.50 bits per heavy atom. The smallest absolute Gasteiger partial charge is 0.281 e. The van der Waals surface area contributed by atoms with Crippen LogP contribution in [0.25, 0.3) is 6.08 Å². The van der Waals surface area contributed by atoms with Crippen molar-refractivity contribution in [2.75, 3.05) is 4.90 Å². The number of aryl methyl sites for hydroxylation is 2. The molecule has 110 valence electrons. The molecule has 0 saturated carbocycles. The summed E-state index contributed by atoms with van der Waals surface area (Å²) in [6, 6.07) is 15.7. The molecular weight excluding hydrogens is 292 g/mol. The van der Waals surface area contributed by atoms with Gasteiger partial charge in [0.1, 0.15) is 5.70 Å². The van der Waals surface area contributed by atoms with Gasteiger partial charge in [-0.15, -0.1) is 0 Å². The monoisotopic (exact) mass is 308 g/mol. The Morgan fingerprint density at radius 3 is 2.09 bits per heavy atom. The normalized spacial score (nSPS) is 16.3. The number of nitrogens with zero attached hydrogens (tertiary/aromatic N) is 1. The molecule has 1 saturated heterocycles. The average molecular weight is 308 g/mol. The van der Waals surface area contributed by atoms with Crippen molar-refractivity contribution < 1.29 is 4.79 Å². The van der Waals surface area contributed by atoms with E-state index in [4.69, 9.17) is 12.2 Å². The molecule has 1 amide bonds. The van der Waals surface area contributed by atoms with Gasteiger partial charge >= 0.3 is 0 Å². The molecule has 1 aliphatic rings. The standard InChI is InChI=1S/C18H16N2OS/c1-12-3-7-14(8-4-12)11-16-17(21)20(18(22)19-16)15-9-5-13(2)6-10-15/h3-11H,1-2H3,(H,19,22)/b16-11-. The minimum atomic E-state index is -0.130. The first-order valence-electron chi connectivity index (χ1n) is 7.05. The fourth-order valence-electron chi connectivity index (χ4n) is 2.29. The predicted molar refractivity (Wildman–Crippen MR) is 93.6 cm³/mol. The van der Waals surface area contributed by atoms with E-state index in [1.165, 1.54) is 10.5 Å². The second kappa shape index (κ2) is 5.73. The second-order valence-electron chi connectivity index (χ2n) is 5.37. The number of rotatable bonds is 2. The van der Waals surface area contributed by atoms with E-state index >= 15 is 0 Å². The molecule has 1 fully saturated rings. The molecule has 0 bridgehead atoms. The Kier molecular flexibility index (Phi) is 3.77. The maximum atomic E-state index is 12.6. The molecule has 3 rings (SSSR count). The summed E-state index contributed by atoms with van der Waals surface area (Å²) in [4.78, 5) is 14.1. The predicted octanol–water partition coefficient (Wildman–Crippen LogP) is 3.57. The Hall–Kier alpha value is -2.46. The second-order valence-corrected chi connectivity index (χ2v) is 5.76. The van der Waals surface area contributed by atoms with Crippen LogP contribution in [-0.2, 0) is 4.79 Å². The van der Waals surface area contributed by atoms with Crippen molar-refractivity contribution in [3.63, 3.8) is 0 Å². The molecule has 0 spiro atoms. The van der Waals surface area contributed by atoms with Crippen molar-refractivity contribution in [3.8, 4) is 0 Å². The minimum absolute atomic E-state index is 0.130. The number of benzene rings is 2. The molecule has 0 aromatic heterocycles. The highest BCUT2D eigenvalue weighted by Gasteiger charge is 2.31. The van der Waals surface area contributed by atoms with E-state index < -0.39 is 0 Å². The zero-order chi connectivity index (χ0) is 15.7. The summed E-state index contributed by atoms with van der Waals surface area (Å²) in [5.74, 6) is -0.130. The molecule has 4 heteroatoms. The van der Waals surface area contributed by atoms with E-state index in [1.54, 1.807) is 0 Å². The van der Waals surface area contributed by atoms with E-state index in [1.807, 2.05) is 68.5 Å². The number of hydrogen-bond acceptors (Lipinski definition) is 2. The van der Waals surface area contributed by atoms with E-state index in [9.17, 15) is 4.79 Å². The third kappa shape index (κ3) is 2.78. The molecule has 1 aliphatic heterocycles. The Bertz CT molecular complexity index is 761. The topological polar surface area (TPSA) is 32.3 Å². The number of thiocarbonyl (C=S) groups is 1. The molecule has 0 radical (unpaired) electrons. The number of carbonyl (C=O) groups is 1. The van der Waals surface area contributed by atoms with Crippen LogP contribution in [0.1, 0.15) is 16.7 Å². The number of hydrogen-bond donors (Lipinski definition) is 1. The van der Waals surface area contributed by atoms with Crippen LogP contribution in [0.5, 0.6) is 0 Å². The number of amides is 1. The van der Waals surface area contributed by atoms with Gasteiger partial charge in [-0.05, 0) is 49.8 Å². The van der Waals surface area contributed by atoms with Gasteiger partial charge in [-0.1, -0.05) is 47.5 Å². The first kappa shape index (κ1) is 14.5. The van der Waals surface area contributed by atoms with Gasteiger partial charge in [0.05, 0.1) is 5.69 Å². The summed E-state index contributed by atoms with van der Waals surface area (Å²) in [5.41, 5.74) is 4.57. The Morgan fingerprint density at radius 1 is 0.955 bits per heavy atom. The molecule has 22 heavy (non-hydrogen) atoms. The van der Waals surface area contributed by atoms with Crippen molar-refractivity contribution in [1.29, 1.82) is 0 Å². The fourth-order valence-corrected chi connectivity index (χ4v) is 2.59. The Balaban J connectivity index is 1.91. The largest absolute Gasteiger partial charge is 0.327 e. The zero-order valence-electron chi connectivity index (χ0n) is 12.5. The summed E-state index contributed by atoms with van der Waals surface area (Å²) in [6.07, 6.45) is 1.82. The highest BCUT2D eigenvalue weighted by molar-refractivity contribution is 7.80. The average Bonchev–Trinajstić information content (AvgIpc) is 2.77. The SMILES string of the molecule is Cc1ccc(/C=C2\NC(=S)N(c3ccc(C)cc3)C2=O)cc1. The third-order valence-electron chi connectivity index (χ3n) is 3.56. The fraction of sp³-hybridized carbons (Fsp3) is 0.111. The van der Waals surface area contributed by atoms with Gasteiger partial charge < -0.3 is 5.32 Å². The summed E-state index contributed by atoms with van der Waals surface area (Å²) in [6.45, 7) is 4.04. The highest BCUT2D eigenvalue weighted by atomic mass is 32.1. The molecule has 2 aromatic rings. The van der Waals surface area contributed by atoms with Gasteiger partial charge in [-0.25, -0.2) is 0 Å². The molecule has 0 atom stereocenters. The number of nitrogens with one attached hydrogen (secondary N) is 1. The molecule has 3 nitrogen and oxygen atoms in total. The first-order valence-corrected chi connectivity index (χ1v) is 7.46. The lowest BCUT2D eigenvalue weighted by Crippen LogP contribution is -2.30. The van der Waals surface area contributed by atoms with Crippen LogP contribution in [0, 0.1) is 13.8 Å². The van der Waals surface area contributed by atoms with Crippen LogP contribution < -0.4 is 10.2 Å². The zero-order valence-corrected chi connectivity index (χ0v) is 13.3. The van der Waals surface area contributed by atoms with Crippen LogP contribution in [0.15, 0.2) is 54.2 Å². The maximum Gasteiger partial charge on any atom is 0.281 e. The van der Waals surface area contributed by atoms with E-state index in [2.05, 4.69) is 5.32 Å². The molecule has 1 heterocycles. The van der Waals surface area contributed by atoms with Gasteiger partial charge in [0, 0.05) is 0 Å². The lowest BCUT2D eigenvalue weighted by molar-refractivity contribution is -0.113. The molecule has 0 aliphatic carbocycles. The van der Waals surface area contributed by atoms with Crippen molar-refractivity contribution in [2.24, 2.45) is 0 Å². The first-order chi connectivity index (χ1) is 10.5. The number of carbonyl (C=O) groups excluding carboxylic acids is 1. The van der Waals surface area contributed by atoms with E-state index in [0.717, 1.165) is 16.8 Å². The third-order valence-corrected chi connectivity index (χ3v) is 3.84. The van der Waals surface area contributed by atoms with Gasteiger partial charge in [0.25, 0.3) is 5.91 Å². The van der Waals surface area contributed by atoms with Crippen LogP contribution in [0.2, 0.25) is 0 Å². The maximum absolute atomic E-state index is 12.6. The van der Waals surface area contributed by atoms with Crippen LogP contribution in [0.4, 0.5) is 5.69 Å². The summed E-state index contributed by atoms with van der Waals surface area (Å²) >= 11 is 5.30. The summed E-state index contributed by atoms with van der Waals surface area (Å²) in [7, 11) is 0. The summed E-state index contributed by atoms with van der Waals surface area (Å²) in [5, 5.41) is 3.41. The van der Waals surface area contributed by atoms with Gasteiger partial charge in [0.15, 0.2) is 5.11 Å². The van der Waals surface area contributed by atoms with Crippen LogP contribution >= 0.6 is 12.2 Å². The minimum Gasteiger partial charge on any atom is -0.327 e. The lowest BCUT2D eigenvalue weighted by atomic mass is 10.1. The summed E-state index contributed by atoms with van der Waals surface area (Å²) < 4.78 is 0. The van der Waals surface area contributed by atoms with Crippen molar-refractivity contribution >= 4 is 35.0 Å². The van der Waals surface area contributed by atoms with Crippen molar-refractivity contribution in [1.82, 2.24) is 5.32 Å². The van der Waals surface area contributed by atoms with Gasteiger partial charge in [0.2, 0.25) is 0 Å². The van der Waals surface area contributed by atoms with Crippen molar-refractivity contribution in [3.05, 3.63) is 70.9 Å². The molecule has 2 aromatic carbocycles. The molecular formula is C18H16N2OS. The highest BCUT2D eigenvalue weighted by Crippen LogP contribution is 2.22. The van der Waals surface area contributed by atoms with Gasteiger partial charge in [-0.2, -0.15) is 0 Å². The molecule has 0 unspecified atom stereocenters. The van der Waals surface area contributed by atoms with Crippen LogP contribution in [0.3, 0.4) is 0 Å². The quantitative estimate of drug-likeness (QED) is 0.680. The van der Waals surface area contributed by atoms with E-state index in [0.29, 0.717) is 10.8 Å². The lowest BCUT2D eigenvalue weighted by Gasteiger charge is -2.13. The van der Waals surface area contributed by atoms with Gasteiger partial charge in [-0.3, -0.25) is 9.69 Å².